The highest BCUT2D eigenvalue weighted by atomic mass is 19.4. The summed E-state index contributed by atoms with van der Waals surface area (Å²) in [6.07, 6.45) is -4.68. The number of hydrogen-bond donors (Lipinski definition) is 0. The molecule has 1 atom stereocenters. The van der Waals surface area contributed by atoms with Crippen LogP contribution in [0.4, 0.5) is 13.2 Å². The number of rotatable bonds is 3. The van der Waals surface area contributed by atoms with Crippen molar-refractivity contribution in [3.63, 3.8) is 0 Å². The minimum Gasteiger partial charge on any atom is -0.465 e. The molecule has 0 amide bonds. The lowest BCUT2D eigenvalue weighted by atomic mass is 10.0. The Balaban J connectivity index is 3.25. The summed E-state index contributed by atoms with van der Waals surface area (Å²) >= 11 is 0. The highest BCUT2D eigenvalue weighted by molar-refractivity contribution is 5.91. The number of methoxy groups -OCH3 is 2. The predicted molar refractivity (Wildman–Crippen MR) is 51.4 cm³/mol. The standard InChI is InChI=1S/C10H10F3NO3/c1-16-8(10(11,12)13)7-5-14-4-3-6(7)9(15)17-2/h3-5,8H,1-2H3. The molecule has 1 unspecified atom stereocenters. The highest BCUT2D eigenvalue weighted by Gasteiger charge is 2.43. The first-order chi connectivity index (χ1) is 7.91. The zero-order valence-electron chi connectivity index (χ0n) is 9.12. The van der Waals surface area contributed by atoms with E-state index in [0.717, 1.165) is 26.5 Å². The zero-order valence-corrected chi connectivity index (χ0v) is 9.12. The van der Waals surface area contributed by atoms with Gasteiger partial charge >= 0.3 is 12.1 Å². The van der Waals surface area contributed by atoms with E-state index in [-0.39, 0.29) is 11.1 Å². The van der Waals surface area contributed by atoms with Crippen LogP contribution in [0.25, 0.3) is 0 Å². The van der Waals surface area contributed by atoms with Crippen LogP contribution >= 0.6 is 0 Å². The normalized spacial score (nSPS) is 13.2. The molecule has 0 saturated carbocycles. The van der Waals surface area contributed by atoms with Crippen LogP contribution in [0.15, 0.2) is 18.5 Å². The predicted octanol–water partition coefficient (Wildman–Crippen LogP) is 2.12. The number of ether oxygens (including phenoxy) is 2. The van der Waals surface area contributed by atoms with Crippen LogP contribution in [-0.4, -0.2) is 31.3 Å². The number of nitrogens with zero attached hydrogens (tertiary/aromatic N) is 1. The van der Waals surface area contributed by atoms with Crippen molar-refractivity contribution in [2.75, 3.05) is 14.2 Å². The molecule has 17 heavy (non-hydrogen) atoms. The molecule has 0 aromatic carbocycles. The fourth-order valence-electron chi connectivity index (χ4n) is 1.35. The van der Waals surface area contributed by atoms with Gasteiger partial charge in [0.15, 0.2) is 6.10 Å². The second-order valence-corrected chi connectivity index (χ2v) is 3.11. The van der Waals surface area contributed by atoms with Gasteiger partial charge in [-0.1, -0.05) is 0 Å². The summed E-state index contributed by atoms with van der Waals surface area (Å²) in [6, 6.07) is 1.15. The van der Waals surface area contributed by atoms with Crippen LogP contribution in [0.5, 0.6) is 0 Å². The Morgan fingerprint density at radius 3 is 2.53 bits per heavy atom. The van der Waals surface area contributed by atoms with Gasteiger partial charge in [-0.2, -0.15) is 13.2 Å². The topological polar surface area (TPSA) is 48.4 Å². The fourth-order valence-corrected chi connectivity index (χ4v) is 1.35. The van der Waals surface area contributed by atoms with Gasteiger partial charge in [0, 0.05) is 25.1 Å². The van der Waals surface area contributed by atoms with E-state index < -0.39 is 18.2 Å². The van der Waals surface area contributed by atoms with Gasteiger partial charge in [0.1, 0.15) is 0 Å². The first-order valence-electron chi connectivity index (χ1n) is 4.53. The Hall–Kier alpha value is -1.63. The SMILES string of the molecule is COC(=O)c1ccncc1C(OC)C(F)(F)F. The van der Waals surface area contributed by atoms with Crippen molar-refractivity contribution in [3.05, 3.63) is 29.6 Å². The van der Waals surface area contributed by atoms with Crippen molar-refractivity contribution in [1.29, 1.82) is 0 Å². The Bertz CT molecular complexity index is 406. The van der Waals surface area contributed by atoms with Crippen LogP contribution in [0.3, 0.4) is 0 Å². The van der Waals surface area contributed by atoms with Crippen LogP contribution in [0, 0.1) is 0 Å². The Morgan fingerprint density at radius 2 is 2.06 bits per heavy atom. The van der Waals surface area contributed by atoms with Gasteiger partial charge in [0.05, 0.1) is 12.7 Å². The summed E-state index contributed by atoms with van der Waals surface area (Å²) < 4.78 is 46.7. The lowest BCUT2D eigenvalue weighted by Gasteiger charge is -2.20. The largest absolute Gasteiger partial charge is 0.465 e. The molecule has 1 aromatic rings. The molecule has 0 aliphatic carbocycles. The van der Waals surface area contributed by atoms with E-state index in [2.05, 4.69) is 14.5 Å². The van der Waals surface area contributed by atoms with E-state index in [1.807, 2.05) is 0 Å². The summed E-state index contributed by atoms with van der Waals surface area (Å²) in [5, 5.41) is 0. The van der Waals surface area contributed by atoms with Crippen LogP contribution < -0.4 is 0 Å². The maximum atomic E-state index is 12.6. The third-order valence-corrected chi connectivity index (χ3v) is 2.07. The molecule has 0 fully saturated rings. The summed E-state index contributed by atoms with van der Waals surface area (Å²) in [6.45, 7) is 0. The molecule has 94 valence electrons. The van der Waals surface area contributed by atoms with E-state index >= 15 is 0 Å². The van der Waals surface area contributed by atoms with Gasteiger partial charge in [-0.05, 0) is 6.07 Å². The van der Waals surface area contributed by atoms with Crippen molar-refractivity contribution in [2.45, 2.75) is 12.3 Å². The summed E-state index contributed by atoms with van der Waals surface area (Å²) in [5.74, 6) is -0.867. The molecule has 0 saturated heterocycles. The molecule has 0 N–H and O–H groups in total. The molecule has 1 rings (SSSR count). The monoisotopic (exact) mass is 249 g/mol. The molecular weight excluding hydrogens is 239 g/mol. The third-order valence-electron chi connectivity index (χ3n) is 2.07. The third kappa shape index (κ3) is 2.94. The minimum absolute atomic E-state index is 0.216. The average molecular weight is 249 g/mol. The maximum Gasteiger partial charge on any atom is 0.418 e. The molecule has 0 spiro atoms. The number of hydrogen-bond acceptors (Lipinski definition) is 4. The van der Waals surface area contributed by atoms with Gasteiger partial charge in [0.25, 0.3) is 0 Å². The van der Waals surface area contributed by atoms with Crippen LogP contribution in [-0.2, 0) is 9.47 Å². The van der Waals surface area contributed by atoms with Gasteiger partial charge in [0.2, 0.25) is 0 Å². The van der Waals surface area contributed by atoms with Crippen molar-refractivity contribution in [1.82, 2.24) is 4.98 Å². The lowest BCUT2D eigenvalue weighted by Crippen LogP contribution is -2.25. The first-order valence-corrected chi connectivity index (χ1v) is 4.53. The average Bonchev–Trinajstić information content (AvgIpc) is 2.28. The molecule has 1 aromatic heterocycles. The van der Waals surface area contributed by atoms with Gasteiger partial charge in [-0.3, -0.25) is 4.98 Å². The van der Waals surface area contributed by atoms with Crippen LogP contribution in [0.1, 0.15) is 22.0 Å². The van der Waals surface area contributed by atoms with E-state index in [9.17, 15) is 18.0 Å². The minimum atomic E-state index is -4.62. The molecule has 7 heteroatoms. The number of esters is 1. The molecule has 4 nitrogen and oxygen atoms in total. The molecular formula is C10H10F3NO3. The van der Waals surface area contributed by atoms with Crippen molar-refractivity contribution < 1.29 is 27.4 Å². The molecule has 0 bridgehead atoms. The van der Waals surface area contributed by atoms with Crippen LogP contribution in [0.2, 0.25) is 0 Å². The number of pyridine rings is 1. The molecule has 0 aliphatic heterocycles. The second-order valence-electron chi connectivity index (χ2n) is 3.11. The summed E-state index contributed by atoms with van der Waals surface area (Å²) in [4.78, 5) is 14.9. The number of aromatic nitrogens is 1. The quantitative estimate of drug-likeness (QED) is 0.770. The maximum absolute atomic E-state index is 12.6. The van der Waals surface area contributed by atoms with Gasteiger partial charge in [-0.15, -0.1) is 0 Å². The summed E-state index contributed by atoms with van der Waals surface area (Å²) in [5.41, 5.74) is -0.582. The van der Waals surface area contributed by atoms with Gasteiger partial charge < -0.3 is 9.47 Å². The fraction of sp³-hybridized carbons (Fsp3) is 0.400. The smallest absolute Gasteiger partial charge is 0.418 e. The Kier molecular flexibility index (Phi) is 4.06. The van der Waals surface area contributed by atoms with Gasteiger partial charge in [-0.25, -0.2) is 4.79 Å². The number of halogens is 3. The molecule has 1 heterocycles. The first kappa shape index (κ1) is 13.4. The van der Waals surface area contributed by atoms with Crippen molar-refractivity contribution in [3.8, 4) is 0 Å². The number of carbonyl (C=O) groups excluding carboxylic acids is 1. The molecule has 0 aliphatic rings. The molecule has 0 radical (unpaired) electrons. The number of alkyl halides is 3. The van der Waals surface area contributed by atoms with E-state index in [4.69, 9.17) is 0 Å². The van der Waals surface area contributed by atoms with E-state index in [1.165, 1.54) is 6.20 Å². The van der Waals surface area contributed by atoms with E-state index in [1.54, 1.807) is 0 Å². The second kappa shape index (κ2) is 5.13. The van der Waals surface area contributed by atoms with Crippen molar-refractivity contribution in [2.24, 2.45) is 0 Å². The summed E-state index contributed by atoms with van der Waals surface area (Å²) in [7, 11) is 1.99. The lowest BCUT2D eigenvalue weighted by molar-refractivity contribution is -0.216. The number of carbonyl (C=O) groups is 1. The van der Waals surface area contributed by atoms with Crippen molar-refractivity contribution >= 4 is 5.97 Å². The Labute approximate surface area is 95.4 Å². The van der Waals surface area contributed by atoms with E-state index in [0.29, 0.717) is 0 Å². The Morgan fingerprint density at radius 1 is 1.41 bits per heavy atom. The highest BCUT2D eigenvalue weighted by Crippen LogP contribution is 2.36. The zero-order chi connectivity index (χ0) is 13.1.